The molecule has 0 N–H and O–H groups in total. The molecule has 0 bridgehead atoms. The molecular weight excluding hydrogens is 345 g/mol. The molecule has 1 aliphatic heterocycles. The highest BCUT2D eigenvalue weighted by Crippen LogP contribution is 2.40. The first kappa shape index (κ1) is 18.4. The van der Waals surface area contributed by atoms with Crippen molar-refractivity contribution in [3.05, 3.63) is 96.6 Å². The first-order valence-electron chi connectivity index (χ1n) is 10.0. The molecule has 27 heavy (non-hydrogen) atoms. The summed E-state index contributed by atoms with van der Waals surface area (Å²) in [6.45, 7) is 3.59. The van der Waals surface area contributed by atoms with Gasteiger partial charge in [0, 0.05) is 12.1 Å². The second kappa shape index (κ2) is 8.83. The van der Waals surface area contributed by atoms with Crippen molar-refractivity contribution < 1.29 is 0 Å². The van der Waals surface area contributed by atoms with Crippen molar-refractivity contribution in [2.45, 2.75) is 31.8 Å². The summed E-state index contributed by atoms with van der Waals surface area (Å²) < 4.78 is 0. The Hall–Kier alpha value is -1.95. The van der Waals surface area contributed by atoms with Crippen LogP contribution in [0.1, 0.15) is 31.4 Å². The van der Waals surface area contributed by atoms with E-state index < -0.39 is 0 Å². The minimum Gasteiger partial charge on any atom is -0.293 e. The van der Waals surface area contributed by atoms with Crippen LogP contribution in [0.5, 0.6) is 0 Å². The highest BCUT2D eigenvalue weighted by Gasteiger charge is 2.31. The largest absolute Gasteiger partial charge is 0.293 e. The highest BCUT2D eigenvalue weighted by atomic mass is 31.1. The van der Waals surface area contributed by atoms with Gasteiger partial charge in [-0.05, 0) is 56.6 Å². The average Bonchev–Trinajstić information content (AvgIpc) is 3.21. The van der Waals surface area contributed by atoms with Gasteiger partial charge >= 0.3 is 0 Å². The smallest absolute Gasteiger partial charge is 0.0322 e. The van der Waals surface area contributed by atoms with Crippen LogP contribution in [-0.4, -0.2) is 23.6 Å². The molecule has 0 saturated carbocycles. The molecule has 1 saturated heterocycles. The second-order valence-electron chi connectivity index (χ2n) is 7.40. The zero-order valence-corrected chi connectivity index (χ0v) is 16.9. The summed E-state index contributed by atoms with van der Waals surface area (Å²) in [5.74, 6) is 0. The van der Waals surface area contributed by atoms with Gasteiger partial charge in [0.25, 0.3) is 0 Å². The summed E-state index contributed by atoms with van der Waals surface area (Å²) in [5, 5.41) is 3.00. The fraction of sp³-hybridized carbons (Fsp3) is 0.280. The normalized spacial score (nSPS) is 18.7. The van der Waals surface area contributed by atoms with Crippen molar-refractivity contribution in [3.63, 3.8) is 0 Å². The molecule has 1 aliphatic rings. The molecule has 0 amide bonds. The van der Waals surface area contributed by atoms with Crippen molar-refractivity contribution in [2.24, 2.45) is 0 Å². The molecule has 3 aromatic rings. The van der Waals surface area contributed by atoms with E-state index in [0.717, 1.165) is 0 Å². The summed E-state index contributed by atoms with van der Waals surface area (Å²) in [7, 11) is -0.324. The topological polar surface area (TPSA) is 3.24 Å². The molecule has 1 nitrogen and oxygen atoms in total. The summed E-state index contributed by atoms with van der Waals surface area (Å²) in [6.07, 6.45) is 3.88. The van der Waals surface area contributed by atoms with E-state index in [2.05, 4.69) is 103 Å². The van der Waals surface area contributed by atoms with E-state index in [1.165, 1.54) is 41.7 Å². The third-order valence-corrected chi connectivity index (χ3v) is 8.36. The van der Waals surface area contributed by atoms with Crippen LogP contribution in [0.15, 0.2) is 91.0 Å². The molecule has 4 rings (SSSR count). The number of hydrogen-bond donors (Lipinski definition) is 0. The van der Waals surface area contributed by atoms with Gasteiger partial charge in [0.1, 0.15) is 0 Å². The van der Waals surface area contributed by atoms with Crippen LogP contribution in [0.3, 0.4) is 0 Å². The molecule has 2 heteroatoms. The van der Waals surface area contributed by atoms with Crippen molar-refractivity contribution in [1.82, 2.24) is 4.90 Å². The molecule has 0 aromatic heterocycles. The molecule has 2 atom stereocenters. The fourth-order valence-electron chi connectivity index (χ4n) is 4.27. The molecule has 1 fully saturated rings. The zero-order chi connectivity index (χ0) is 18.5. The summed E-state index contributed by atoms with van der Waals surface area (Å²) >= 11 is 0. The Morgan fingerprint density at radius 3 is 1.89 bits per heavy atom. The lowest BCUT2D eigenvalue weighted by Crippen LogP contribution is -2.36. The van der Waals surface area contributed by atoms with Gasteiger partial charge < -0.3 is 0 Å². The maximum atomic E-state index is 2.75. The maximum Gasteiger partial charge on any atom is 0.0322 e. The fourth-order valence-corrected chi connectivity index (χ4v) is 6.87. The first-order valence-corrected chi connectivity index (χ1v) is 11.5. The van der Waals surface area contributed by atoms with Crippen LogP contribution in [-0.2, 0) is 0 Å². The van der Waals surface area contributed by atoms with Crippen LogP contribution in [0.2, 0.25) is 0 Å². The lowest BCUT2D eigenvalue weighted by Gasteiger charge is -2.33. The van der Waals surface area contributed by atoms with Crippen molar-refractivity contribution in [3.8, 4) is 0 Å². The van der Waals surface area contributed by atoms with E-state index in [1.807, 2.05) is 0 Å². The van der Waals surface area contributed by atoms with Gasteiger partial charge in [-0.2, -0.15) is 0 Å². The highest BCUT2D eigenvalue weighted by molar-refractivity contribution is 7.73. The molecule has 138 valence electrons. The third kappa shape index (κ3) is 4.32. The maximum absolute atomic E-state index is 2.75. The van der Waals surface area contributed by atoms with Crippen LogP contribution < -0.4 is 10.6 Å². The zero-order valence-electron chi connectivity index (χ0n) is 16.0. The van der Waals surface area contributed by atoms with E-state index in [0.29, 0.717) is 12.1 Å². The van der Waals surface area contributed by atoms with Crippen LogP contribution >= 0.6 is 7.92 Å². The molecule has 1 heterocycles. The number of nitrogens with zero attached hydrogens (tertiary/aromatic N) is 1. The quantitative estimate of drug-likeness (QED) is 0.527. The van der Waals surface area contributed by atoms with Crippen LogP contribution in [0.4, 0.5) is 0 Å². The lowest BCUT2D eigenvalue weighted by atomic mass is 10.1. The van der Waals surface area contributed by atoms with E-state index >= 15 is 0 Å². The minimum absolute atomic E-state index is 0.324. The monoisotopic (exact) mass is 373 g/mol. The average molecular weight is 373 g/mol. The number of rotatable bonds is 6. The molecule has 0 unspecified atom stereocenters. The van der Waals surface area contributed by atoms with Crippen molar-refractivity contribution >= 4 is 18.5 Å². The van der Waals surface area contributed by atoms with Gasteiger partial charge in [-0.3, -0.25) is 4.90 Å². The van der Waals surface area contributed by atoms with Gasteiger partial charge in [-0.1, -0.05) is 91.0 Å². The standard InChI is InChI=1S/C25H28NP/c1-21(22-12-5-2-6-13-22)26-19-11-14-23(26)20-27(24-15-7-3-8-16-24)25-17-9-4-10-18-25/h2-10,12-13,15-18,21,23H,11,14,19-20H2,1H3/t21-,23+/m1/s1. The number of hydrogen-bond acceptors (Lipinski definition) is 1. The first-order chi connectivity index (χ1) is 13.3. The lowest BCUT2D eigenvalue weighted by molar-refractivity contribution is 0.207. The van der Waals surface area contributed by atoms with Gasteiger partial charge in [-0.15, -0.1) is 0 Å². The predicted molar refractivity (Wildman–Crippen MR) is 119 cm³/mol. The van der Waals surface area contributed by atoms with Gasteiger partial charge in [0.15, 0.2) is 0 Å². The SMILES string of the molecule is C[C@H](c1ccccc1)N1CCC[C@H]1CP(c1ccccc1)c1ccccc1. The predicted octanol–water partition coefficient (Wildman–Crippen LogP) is 5.34. The summed E-state index contributed by atoms with van der Waals surface area (Å²) in [5.41, 5.74) is 1.44. The molecular formula is C25H28NP. The summed E-state index contributed by atoms with van der Waals surface area (Å²) in [4.78, 5) is 2.75. The van der Waals surface area contributed by atoms with E-state index in [-0.39, 0.29) is 7.92 Å². The second-order valence-corrected chi connectivity index (χ2v) is 9.66. The molecule has 0 radical (unpaired) electrons. The Labute approximate surface area is 164 Å². The Morgan fingerprint density at radius 2 is 1.33 bits per heavy atom. The van der Waals surface area contributed by atoms with E-state index in [9.17, 15) is 0 Å². The van der Waals surface area contributed by atoms with Crippen molar-refractivity contribution in [2.75, 3.05) is 12.7 Å². The van der Waals surface area contributed by atoms with Crippen LogP contribution in [0, 0.1) is 0 Å². The Balaban J connectivity index is 1.59. The molecule has 0 aliphatic carbocycles. The van der Waals surface area contributed by atoms with Gasteiger partial charge in [0.2, 0.25) is 0 Å². The third-order valence-electron chi connectivity index (χ3n) is 5.73. The van der Waals surface area contributed by atoms with E-state index in [4.69, 9.17) is 0 Å². The van der Waals surface area contributed by atoms with Crippen LogP contribution in [0.25, 0.3) is 0 Å². The van der Waals surface area contributed by atoms with E-state index in [1.54, 1.807) is 0 Å². The Bertz CT molecular complexity index is 779. The number of likely N-dealkylation sites (tertiary alicyclic amines) is 1. The molecule has 0 spiro atoms. The molecule has 3 aromatic carbocycles. The minimum atomic E-state index is -0.324. The number of benzene rings is 3. The Kier molecular flexibility index (Phi) is 6.02. The Morgan fingerprint density at radius 1 is 0.815 bits per heavy atom. The van der Waals surface area contributed by atoms with Gasteiger partial charge in [-0.25, -0.2) is 0 Å². The van der Waals surface area contributed by atoms with Gasteiger partial charge in [0.05, 0.1) is 0 Å². The van der Waals surface area contributed by atoms with Crippen molar-refractivity contribution in [1.29, 1.82) is 0 Å². The summed E-state index contributed by atoms with van der Waals surface area (Å²) in [6, 6.07) is 34.4.